The SMILES string of the molecule is CN1C(=S)[C@@H](NC(=O)c2nc(Cc3ccccc3)n(C3CCCCCC3)n2)COc2ccccc21. The van der Waals surface area contributed by atoms with Crippen LogP contribution in [0.5, 0.6) is 5.75 Å². The summed E-state index contributed by atoms with van der Waals surface area (Å²) in [6, 6.07) is 17.8. The number of likely N-dealkylation sites (N-methyl/N-ethyl adjacent to an activating group) is 1. The van der Waals surface area contributed by atoms with E-state index in [2.05, 4.69) is 17.4 Å². The van der Waals surface area contributed by atoms with Gasteiger partial charge in [0.05, 0.1) is 11.7 Å². The van der Waals surface area contributed by atoms with E-state index in [1.165, 1.54) is 25.7 Å². The summed E-state index contributed by atoms with van der Waals surface area (Å²) in [4.78, 5) is 20.5. The highest BCUT2D eigenvalue weighted by Crippen LogP contribution is 2.31. The van der Waals surface area contributed by atoms with E-state index in [4.69, 9.17) is 27.0 Å². The van der Waals surface area contributed by atoms with Crippen molar-refractivity contribution in [2.24, 2.45) is 0 Å². The lowest BCUT2D eigenvalue weighted by atomic mass is 10.1. The fourth-order valence-electron chi connectivity index (χ4n) is 4.92. The molecular formula is C27H31N5O2S. The number of benzene rings is 2. The lowest BCUT2D eigenvalue weighted by Gasteiger charge is -2.23. The molecule has 1 aliphatic heterocycles. The van der Waals surface area contributed by atoms with Crippen LogP contribution in [0.1, 0.15) is 66.6 Å². The predicted molar refractivity (Wildman–Crippen MR) is 140 cm³/mol. The maximum absolute atomic E-state index is 13.3. The third-order valence-corrected chi connectivity index (χ3v) is 7.41. The number of nitrogens with one attached hydrogen (secondary N) is 1. The zero-order valence-electron chi connectivity index (χ0n) is 20.0. The van der Waals surface area contributed by atoms with E-state index in [1.54, 1.807) is 0 Å². The van der Waals surface area contributed by atoms with E-state index in [1.807, 2.05) is 59.1 Å². The van der Waals surface area contributed by atoms with E-state index >= 15 is 0 Å². The molecule has 35 heavy (non-hydrogen) atoms. The Morgan fingerprint density at radius 3 is 2.54 bits per heavy atom. The van der Waals surface area contributed by atoms with Gasteiger partial charge in [-0.1, -0.05) is 80.4 Å². The van der Waals surface area contributed by atoms with Crippen molar-refractivity contribution < 1.29 is 9.53 Å². The number of carbonyl (C=O) groups excluding carboxylic acids is 1. The number of ether oxygens (including phenoxy) is 1. The number of thiocarbonyl (C=S) groups is 1. The number of nitrogens with zero attached hydrogens (tertiary/aromatic N) is 4. The minimum Gasteiger partial charge on any atom is -0.489 e. The normalized spacial score (nSPS) is 18.8. The number of anilines is 1. The molecule has 8 heteroatoms. The third kappa shape index (κ3) is 5.22. The number of aromatic nitrogens is 3. The molecule has 0 saturated heterocycles. The van der Waals surface area contributed by atoms with Crippen LogP contribution in [-0.4, -0.2) is 45.4 Å². The highest BCUT2D eigenvalue weighted by Gasteiger charge is 2.30. The average molecular weight is 490 g/mol. The Bertz CT molecular complexity index is 1190. The minimum atomic E-state index is -0.461. The summed E-state index contributed by atoms with van der Waals surface area (Å²) in [5.74, 6) is 1.43. The Kier molecular flexibility index (Phi) is 7.08. The summed E-state index contributed by atoms with van der Waals surface area (Å²) in [5.41, 5.74) is 2.04. The van der Waals surface area contributed by atoms with Crippen LogP contribution in [0.15, 0.2) is 54.6 Å². The molecule has 1 aliphatic carbocycles. The van der Waals surface area contributed by atoms with E-state index in [-0.39, 0.29) is 24.4 Å². The molecule has 2 aliphatic rings. The van der Waals surface area contributed by atoms with Gasteiger partial charge >= 0.3 is 0 Å². The van der Waals surface area contributed by atoms with Crippen molar-refractivity contribution in [2.75, 3.05) is 18.6 Å². The fraction of sp³-hybridized carbons (Fsp3) is 0.407. The van der Waals surface area contributed by atoms with E-state index in [0.29, 0.717) is 11.4 Å². The molecule has 1 aromatic heterocycles. The van der Waals surface area contributed by atoms with Crippen LogP contribution < -0.4 is 15.0 Å². The molecule has 5 rings (SSSR count). The average Bonchev–Trinajstić information content (AvgIpc) is 3.05. The third-order valence-electron chi connectivity index (χ3n) is 6.85. The molecule has 1 atom stereocenters. The molecule has 2 aromatic carbocycles. The molecule has 0 unspecified atom stereocenters. The van der Waals surface area contributed by atoms with Crippen molar-refractivity contribution in [2.45, 2.75) is 57.0 Å². The Morgan fingerprint density at radius 1 is 1.06 bits per heavy atom. The molecule has 0 spiro atoms. The smallest absolute Gasteiger partial charge is 0.291 e. The molecule has 182 valence electrons. The molecule has 2 heterocycles. The predicted octanol–water partition coefficient (Wildman–Crippen LogP) is 4.72. The van der Waals surface area contributed by atoms with E-state index in [0.717, 1.165) is 35.7 Å². The molecule has 7 nitrogen and oxygen atoms in total. The van der Waals surface area contributed by atoms with Crippen molar-refractivity contribution in [1.29, 1.82) is 0 Å². The Balaban J connectivity index is 1.38. The summed E-state index contributed by atoms with van der Waals surface area (Å²) in [6.45, 7) is 0.256. The number of fused-ring (bicyclic) bond motifs is 1. The standard InChI is InChI=1S/C27H31N5O2S/c1-31-22-15-9-10-16-23(22)34-18-21(27(31)35)28-26(33)25-29-24(17-19-11-5-4-6-12-19)32(30-25)20-13-7-2-3-8-14-20/h4-6,9-12,15-16,20-21H,2-3,7-8,13-14,17-18H2,1H3,(H,28,33)/t21-/m0/s1. The van der Waals surface area contributed by atoms with Gasteiger partial charge in [-0.2, -0.15) is 0 Å². The van der Waals surface area contributed by atoms with E-state index in [9.17, 15) is 4.79 Å². The van der Waals surface area contributed by atoms with Gasteiger partial charge in [0.1, 0.15) is 29.2 Å². The summed E-state index contributed by atoms with van der Waals surface area (Å²) in [7, 11) is 1.89. The molecule has 0 bridgehead atoms. The van der Waals surface area contributed by atoms with Crippen LogP contribution in [0.4, 0.5) is 5.69 Å². The number of hydrogen-bond acceptors (Lipinski definition) is 5. The fourth-order valence-corrected chi connectivity index (χ4v) is 5.15. The Morgan fingerprint density at radius 2 is 1.77 bits per heavy atom. The zero-order chi connectivity index (χ0) is 24.2. The van der Waals surface area contributed by atoms with Crippen molar-refractivity contribution in [3.8, 4) is 5.75 Å². The Hall–Kier alpha value is -3.26. The maximum Gasteiger partial charge on any atom is 0.291 e. The molecule has 3 aromatic rings. The van der Waals surface area contributed by atoms with Crippen LogP contribution in [0, 0.1) is 0 Å². The van der Waals surface area contributed by atoms with Crippen molar-refractivity contribution >= 4 is 28.8 Å². The van der Waals surface area contributed by atoms with Gasteiger partial charge in [-0.3, -0.25) is 4.79 Å². The minimum absolute atomic E-state index is 0.187. The molecule has 1 fully saturated rings. The summed E-state index contributed by atoms with van der Waals surface area (Å²) >= 11 is 5.70. The molecule has 1 saturated carbocycles. The number of carbonyl (C=O) groups is 1. The molecule has 1 N–H and O–H groups in total. The van der Waals surface area contributed by atoms with Crippen LogP contribution in [-0.2, 0) is 6.42 Å². The molecule has 0 radical (unpaired) electrons. The van der Waals surface area contributed by atoms with Gasteiger partial charge < -0.3 is 15.0 Å². The second-order valence-corrected chi connectivity index (χ2v) is 9.72. The topological polar surface area (TPSA) is 72.3 Å². The van der Waals surface area contributed by atoms with Gasteiger partial charge in [-0.25, -0.2) is 9.67 Å². The van der Waals surface area contributed by atoms with Crippen LogP contribution in [0.25, 0.3) is 0 Å². The van der Waals surface area contributed by atoms with Gasteiger partial charge in [0.15, 0.2) is 0 Å². The first kappa shape index (κ1) is 23.5. The Labute approximate surface area is 211 Å². The van der Waals surface area contributed by atoms with Gasteiger partial charge in [0.2, 0.25) is 5.82 Å². The lowest BCUT2D eigenvalue weighted by molar-refractivity contribution is 0.0926. The monoisotopic (exact) mass is 489 g/mol. The summed E-state index contributed by atoms with van der Waals surface area (Å²) in [6.07, 6.45) is 7.63. The second kappa shape index (κ2) is 10.6. The van der Waals surface area contributed by atoms with Crippen molar-refractivity contribution in [3.63, 3.8) is 0 Å². The van der Waals surface area contributed by atoms with Crippen molar-refractivity contribution in [3.05, 3.63) is 71.8 Å². The quantitative estimate of drug-likeness (QED) is 0.413. The first-order valence-electron chi connectivity index (χ1n) is 12.4. The first-order chi connectivity index (χ1) is 17.1. The summed E-state index contributed by atoms with van der Waals surface area (Å²) < 4.78 is 7.98. The molecule has 1 amide bonds. The van der Waals surface area contributed by atoms with Gasteiger partial charge in [0, 0.05) is 13.5 Å². The van der Waals surface area contributed by atoms with Crippen molar-refractivity contribution in [1.82, 2.24) is 20.1 Å². The number of amides is 1. The zero-order valence-corrected chi connectivity index (χ0v) is 20.8. The van der Waals surface area contributed by atoms with Crippen LogP contribution in [0.3, 0.4) is 0 Å². The van der Waals surface area contributed by atoms with Crippen LogP contribution >= 0.6 is 12.2 Å². The lowest BCUT2D eigenvalue weighted by Crippen LogP contribution is -2.48. The number of para-hydroxylation sites is 2. The van der Waals surface area contributed by atoms with E-state index < -0.39 is 6.04 Å². The highest BCUT2D eigenvalue weighted by atomic mass is 32.1. The van der Waals surface area contributed by atoms with Gasteiger partial charge in [0.25, 0.3) is 5.91 Å². The van der Waals surface area contributed by atoms with Gasteiger partial charge in [-0.15, -0.1) is 5.10 Å². The number of hydrogen-bond donors (Lipinski definition) is 1. The largest absolute Gasteiger partial charge is 0.489 e. The second-order valence-electron chi connectivity index (χ2n) is 9.31. The molecular weight excluding hydrogens is 458 g/mol. The van der Waals surface area contributed by atoms with Gasteiger partial charge in [-0.05, 0) is 30.5 Å². The highest BCUT2D eigenvalue weighted by molar-refractivity contribution is 7.80. The summed E-state index contributed by atoms with van der Waals surface area (Å²) in [5, 5.41) is 7.76. The number of rotatable bonds is 5. The van der Waals surface area contributed by atoms with Crippen LogP contribution in [0.2, 0.25) is 0 Å². The first-order valence-corrected chi connectivity index (χ1v) is 12.8. The maximum atomic E-state index is 13.3.